The fourth-order valence-corrected chi connectivity index (χ4v) is 2.24. The number of benzene rings is 1. The number of nitrogens with one attached hydrogen (secondary N) is 1. The van der Waals surface area contributed by atoms with Gasteiger partial charge in [0.15, 0.2) is 0 Å². The SMILES string of the molecule is O=C(CN1C(=O)C(=O)N(C2CC2)C1=O)Nc1ccc(F)cc1F. The Labute approximate surface area is 128 Å². The van der Waals surface area contributed by atoms with Crippen LogP contribution in [0, 0.1) is 11.6 Å². The number of amides is 5. The highest BCUT2D eigenvalue weighted by atomic mass is 19.1. The molecule has 0 unspecified atom stereocenters. The first kappa shape index (κ1) is 15.1. The van der Waals surface area contributed by atoms with E-state index in [1.807, 2.05) is 0 Å². The van der Waals surface area contributed by atoms with Crippen LogP contribution in [0.2, 0.25) is 0 Å². The number of anilines is 1. The number of hydrogen-bond donors (Lipinski definition) is 1. The zero-order valence-corrected chi connectivity index (χ0v) is 11.7. The zero-order chi connectivity index (χ0) is 16.7. The zero-order valence-electron chi connectivity index (χ0n) is 11.7. The van der Waals surface area contributed by atoms with E-state index in [-0.39, 0.29) is 11.7 Å². The molecule has 1 heterocycles. The lowest BCUT2D eigenvalue weighted by atomic mass is 10.3. The molecule has 0 atom stereocenters. The number of hydrogen-bond acceptors (Lipinski definition) is 4. The molecule has 1 aliphatic heterocycles. The van der Waals surface area contributed by atoms with Crippen LogP contribution in [0.15, 0.2) is 18.2 Å². The van der Waals surface area contributed by atoms with Crippen molar-refractivity contribution in [1.29, 1.82) is 0 Å². The third-order valence-electron chi connectivity index (χ3n) is 3.50. The molecule has 3 rings (SSSR count). The minimum atomic E-state index is -1.09. The molecule has 120 valence electrons. The van der Waals surface area contributed by atoms with Gasteiger partial charge in [-0.15, -0.1) is 0 Å². The molecule has 0 aromatic heterocycles. The van der Waals surface area contributed by atoms with Gasteiger partial charge in [-0.2, -0.15) is 0 Å². The minimum Gasteiger partial charge on any atom is -0.322 e. The van der Waals surface area contributed by atoms with E-state index in [1.165, 1.54) is 0 Å². The molecule has 2 aliphatic rings. The number of carbonyl (C=O) groups is 4. The summed E-state index contributed by atoms with van der Waals surface area (Å²) in [7, 11) is 0. The second-order valence-electron chi connectivity index (χ2n) is 5.25. The molecule has 0 bridgehead atoms. The first-order chi connectivity index (χ1) is 10.9. The molecular weight excluding hydrogens is 312 g/mol. The molecule has 1 saturated heterocycles. The second kappa shape index (κ2) is 5.41. The van der Waals surface area contributed by atoms with Gasteiger partial charge in [0.05, 0.1) is 5.69 Å². The largest absolute Gasteiger partial charge is 0.334 e. The third kappa shape index (κ3) is 2.77. The van der Waals surface area contributed by atoms with Crippen LogP contribution in [0.4, 0.5) is 19.3 Å². The highest BCUT2D eigenvalue weighted by Crippen LogP contribution is 2.30. The molecule has 7 nitrogen and oxygen atoms in total. The molecule has 5 amide bonds. The quantitative estimate of drug-likeness (QED) is 0.657. The Balaban J connectivity index is 1.69. The molecular formula is C14H11F2N3O4. The van der Waals surface area contributed by atoms with Gasteiger partial charge in [-0.25, -0.2) is 18.5 Å². The van der Waals surface area contributed by atoms with Crippen LogP contribution in [0.5, 0.6) is 0 Å². The number of halogens is 2. The van der Waals surface area contributed by atoms with Gasteiger partial charge in [0, 0.05) is 12.1 Å². The Hall–Kier alpha value is -2.84. The predicted octanol–water partition coefficient (Wildman–Crippen LogP) is 0.856. The van der Waals surface area contributed by atoms with Crippen molar-refractivity contribution >= 4 is 29.4 Å². The molecule has 1 aliphatic carbocycles. The van der Waals surface area contributed by atoms with E-state index < -0.39 is 41.9 Å². The van der Waals surface area contributed by atoms with Crippen molar-refractivity contribution in [2.75, 3.05) is 11.9 Å². The number of carbonyl (C=O) groups excluding carboxylic acids is 4. The Morgan fingerprint density at radius 2 is 1.87 bits per heavy atom. The highest BCUT2D eigenvalue weighted by Gasteiger charge is 2.51. The topological polar surface area (TPSA) is 86.8 Å². The first-order valence-electron chi connectivity index (χ1n) is 6.82. The molecule has 0 radical (unpaired) electrons. The van der Waals surface area contributed by atoms with Crippen LogP contribution in [-0.2, 0) is 14.4 Å². The Kier molecular flexibility index (Phi) is 3.55. The van der Waals surface area contributed by atoms with Gasteiger partial charge in [-0.1, -0.05) is 0 Å². The first-order valence-corrected chi connectivity index (χ1v) is 6.82. The van der Waals surface area contributed by atoms with Crippen molar-refractivity contribution in [3.63, 3.8) is 0 Å². The molecule has 0 spiro atoms. The third-order valence-corrected chi connectivity index (χ3v) is 3.50. The summed E-state index contributed by atoms with van der Waals surface area (Å²) in [4.78, 5) is 48.7. The van der Waals surface area contributed by atoms with Crippen molar-refractivity contribution in [2.45, 2.75) is 18.9 Å². The van der Waals surface area contributed by atoms with Crippen LogP contribution in [0.3, 0.4) is 0 Å². The second-order valence-corrected chi connectivity index (χ2v) is 5.25. The summed E-state index contributed by atoms with van der Waals surface area (Å²) in [5, 5.41) is 2.12. The molecule has 2 fully saturated rings. The summed E-state index contributed by atoms with van der Waals surface area (Å²) < 4.78 is 26.2. The van der Waals surface area contributed by atoms with Crippen molar-refractivity contribution in [3.8, 4) is 0 Å². The van der Waals surface area contributed by atoms with Crippen molar-refractivity contribution in [2.24, 2.45) is 0 Å². The number of imide groups is 2. The van der Waals surface area contributed by atoms with Gasteiger partial charge in [0.1, 0.15) is 18.2 Å². The van der Waals surface area contributed by atoms with Gasteiger partial charge in [-0.3, -0.25) is 19.3 Å². The van der Waals surface area contributed by atoms with E-state index in [4.69, 9.17) is 0 Å². The van der Waals surface area contributed by atoms with Crippen molar-refractivity contribution < 1.29 is 28.0 Å². The average Bonchev–Trinajstić information content (AvgIpc) is 3.28. The standard InChI is InChI=1S/C14H11F2N3O4/c15-7-1-4-10(9(16)5-7)17-11(20)6-18-12(21)13(22)19(14(18)23)8-2-3-8/h1,4-5,8H,2-3,6H2,(H,17,20). The van der Waals surface area contributed by atoms with Crippen LogP contribution in [0.1, 0.15) is 12.8 Å². The van der Waals surface area contributed by atoms with Crippen molar-refractivity contribution in [3.05, 3.63) is 29.8 Å². The fraction of sp³-hybridized carbons (Fsp3) is 0.286. The van der Waals surface area contributed by atoms with E-state index in [0.29, 0.717) is 23.8 Å². The summed E-state index contributed by atoms with van der Waals surface area (Å²) in [5.41, 5.74) is -0.291. The van der Waals surface area contributed by atoms with Crippen molar-refractivity contribution in [1.82, 2.24) is 9.80 Å². The Morgan fingerprint density at radius 1 is 1.17 bits per heavy atom. The Bertz CT molecular complexity index is 733. The van der Waals surface area contributed by atoms with E-state index in [2.05, 4.69) is 5.32 Å². The van der Waals surface area contributed by atoms with E-state index in [9.17, 15) is 28.0 Å². The monoisotopic (exact) mass is 323 g/mol. The predicted molar refractivity (Wildman–Crippen MR) is 72.0 cm³/mol. The number of rotatable bonds is 4. The summed E-state index contributed by atoms with van der Waals surface area (Å²) in [6.45, 7) is -0.719. The van der Waals surface area contributed by atoms with Crippen LogP contribution in [-0.4, -0.2) is 46.1 Å². The van der Waals surface area contributed by atoms with Crippen LogP contribution in [0.25, 0.3) is 0 Å². The fourth-order valence-electron chi connectivity index (χ4n) is 2.24. The number of urea groups is 1. The lowest BCUT2D eigenvalue weighted by molar-refractivity contribution is -0.143. The van der Waals surface area contributed by atoms with Crippen LogP contribution >= 0.6 is 0 Å². The maximum Gasteiger partial charge on any atom is 0.334 e. The minimum absolute atomic E-state index is 0.290. The number of nitrogens with zero attached hydrogens (tertiary/aromatic N) is 2. The van der Waals surface area contributed by atoms with E-state index >= 15 is 0 Å². The maximum absolute atomic E-state index is 13.5. The lowest BCUT2D eigenvalue weighted by Crippen LogP contribution is -2.39. The molecule has 1 aromatic carbocycles. The molecule has 23 heavy (non-hydrogen) atoms. The maximum atomic E-state index is 13.5. The van der Waals surface area contributed by atoms with Gasteiger partial charge in [-0.05, 0) is 25.0 Å². The molecule has 1 N–H and O–H groups in total. The molecule has 9 heteroatoms. The van der Waals surface area contributed by atoms with Gasteiger partial charge < -0.3 is 5.32 Å². The smallest absolute Gasteiger partial charge is 0.322 e. The van der Waals surface area contributed by atoms with Gasteiger partial charge >= 0.3 is 17.8 Å². The van der Waals surface area contributed by atoms with Gasteiger partial charge in [0.2, 0.25) is 5.91 Å². The normalized spacial score (nSPS) is 17.9. The van der Waals surface area contributed by atoms with E-state index in [1.54, 1.807) is 0 Å². The molecule has 1 aromatic rings. The van der Waals surface area contributed by atoms with Crippen LogP contribution < -0.4 is 5.32 Å². The average molecular weight is 323 g/mol. The summed E-state index contributed by atoms with van der Waals surface area (Å²) >= 11 is 0. The molecule has 1 saturated carbocycles. The summed E-state index contributed by atoms with van der Waals surface area (Å²) in [6.07, 6.45) is 1.26. The van der Waals surface area contributed by atoms with Gasteiger partial charge in [0.25, 0.3) is 0 Å². The summed E-state index contributed by atoms with van der Waals surface area (Å²) in [6, 6.07) is 1.40. The summed E-state index contributed by atoms with van der Waals surface area (Å²) in [5.74, 6) is -4.72. The van der Waals surface area contributed by atoms with E-state index in [0.717, 1.165) is 17.0 Å². The highest BCUT2D eigenvalue weighted by molar-refractivity contribution is 6.45. The lowest BCUT2D eigenvalue weighted by Gasteiger charge is -2.14. The Morgan fingerprint density at radius 3 is 2.48 bits per heavy atom.